The van der Waals surface area contributed by atoms with Crippen LogP contribution in [0.3, 0.4) is 0 Å². The molecule has 1 amide bonds. The van der Waals surface area contributed by atoms with Gasteiger partial charge < -0.3 is 10.4 Å². The average molecular weight is 301 g/mol. The number of hydrogen-bond acceptors (Lipinski definition) is 3. The molecule has 2 N–H and O–H groups in total. The Bertz CT molecular complexity index is 459. The van der Waals surface area contributed by atoms with Crippen molar-refractivity contribution in [3.05, 3.63) is 18.5 Å². The number of carbonyl (C=O) groups is 1. The second-order valence-electron chi connectivity index (χ2n) is 5.88. The monoisotopic (exact) mass is 301 g/mol. The molecule has 2 rings (SSSR count). The lowest BCUT2D eigenvalue weighted by molar-refractivity contribution is -0.124. The first-order chi connectivity index (χ1) is 9.83. The highest BCUT2D eigenvalue weighted by atomic mass is 19.3. The molecule has 0 radical (unpaired) electrons. The first kappa shape index (κ1) is 15.9. The van der Waals surface area contributed by atoms with Crippen molar-refractivity contribution in [1.82, 2.24) is 15.1 Å². The molecule has 1 saturated carbocycles. The van der Waals surface area contributed by atoms with Gasteiger partial charge in [0.2, 0.25) is 11.8 Å². The zero-order valence-corrected chi connectivity index (χ0v) is 12.0. The largest absolute Gasteiger partial charge is 0.391 e. The molecule has 0 saturated heterocycles. The lowest BCUT2D eigenvalue weighted by Crippen LogP contribution is -2.40. The number of alkyl halides is 2. The summed E-state index contributed by atoms with van der Waals surface area (Å²) in [5.74, 6) is -3.05. The molecule has 1 unspecified atom stereocenters. The summed E-state index contributed by atoms with van der Waals surface area (Å²) in [4.78, 5) is 11.6. The molecule has 0 aliphatic heterocycles. The number of nitrogens with one attached hydrogen (secondary N) is 1. The van der Waals surface area contributed by atoms with Crippen LogP contribution in [-0.4, -0.2) is 38.9 Å². The van der Waals surface area contributed by atoms with Crippen molar-refractivity contribution in [2.24, 2.45) is 5.92 Å². The van der Waals surface area contributed by atoms with Gasteiger partial charge in [0.25, 0.3) is 0 Å². The van der Waals surface area contributed by atoms with Gasteiger partial charge in [0.1, 0.15) is 0 Å². The molecule has 0 spiro atoms. The van der Waals surface area contributed by atoms with Gasteiger partial charge >= 0.3 is 0 Å². The standard InChI is InChI=1S/C14H21F2N3O2/c1-14(15,16)4-3-13(21)18-11-7-10(8-12(11)20)9-19-6-2-5-17-19/h2,5-6,10-12,20H,3-4,7-9H2,1H3,(H,18,21)/t10?,11-,12-/m1/s1. The van der Waals surface area contributed by atoms with Crippen molar-refractivity contribution in [2.75, 3.05) is 0 Å². The van der Waals surface area contributed by atoms with E-state index in [0.717, 1.165) is 6.92 Å². The van der Waals surface area contributed by atoms with E-state index in [1.807, 2.05) is 12.3 Å². The molecular weight excluding hydrogens is 280 g/mol. The van der Waals surface area contributed by atoms with Gasteiger partial charge in [-0.2, -0.15) is 5.10 Å². The first-order valence-electron chi connectivity index (χ1n) is 7.16. The fourth-order valence-corrected chi connectivity index (χ4v) is 2.71. The number of halogens is 2. The maximum atomic E-state index is 12.7. The molecule has 7 heteroatoms. The van der Waals surface area contributed by atoms with Crippen molar-refractivity contribution in [2.45, 2.75) is 57.2 Å². The van der Waals surface area contributed by atoms with E-state index >= 15 is 0 Å². The van der Waals surface area contributed by atoms with Crippen LogP contribution in [-0.2, 0) is 11.3 Å². The third-order valence-corrected chi connectivity index (χ3v) is 3.77. The van der Waals surface area contributed by atoms with Crippen molar-refractivity contribution in [3.63, 3.8) is 0 Å². The lowest BCUT2D eigenvalue weighted by atomic mass is 10.1. The number of aliphatic hydroxyl groups excluding tert-OH is 1. The van der Waals surface area contributed by atoms with Crippen molar-refractivity contribution < 1.29 is 18.7 Å². The molecule has 1 aromatic heterocycles. The predicted octanol–water partition coefficient (Wildman–Crippen LogP) is 1.57. The van der Waals surface area contributed by atoms with Gasteiger partial charge in [-0.15, -0.1) is 0 Å². The highest BCUT2D eigenvalue weighted by molar-refractivity contribution is 5.76. The van der Waals surface area contributed by atoms with Crippen LogP contribution in [0.4, 0.5) is 8.78 Å². The fourth-order valence-electron chi connectivity index (χ4n) is 2.71. The van der Waals surface area contributed by atoms with Crippen LogP contribution in [0.5, 0.6) is 0 Å². The second kappa shape index (κ2) is 6.51. The Kier molecular flexibility index (Phi) is 4.92. The van der Waals surface area contributed by atoms with E-state index < -0.39 is 24.4 Å². The molecule has 0 aromatic carbocycles. The van der Waals surface area contributed by atoms with Gasteiger partial charge in [0, 0.05) is 31.8 Å². The van der Waals surface area contributed by atoms with E-state index in [-0.39, 0.29) is 18.4 Å². The van der Waals surface area contributed by atoms with Crippen LogP contribution >= 0.6 is 0 Å². The number of nitrogens with zero attached hydrogens (tertiary/aromatic N) is 2. The third-order valence-electron chi connectivity index (χ3n) is 3.77. The minimum atomic E-state index is -2.84. The number of rotatable bonds is 6. The zero-order chi connectivity index (χ0) is 15.5. The highest BCUT2D eigenvalue weighted by Crippen LogP contribution is 2.27. The Labute approximate surface area is 122 Å². The van der Waals surface area contributed by atoms with Crippen LogP contribution < -0.4 is 5.32 Å². The summed E-state index contributed by atoms with van der Waals surface area (Å²) in [5, 5.41) is 16.7. The molecule has 0 bridgehead atoms. The number of aliphatic hydroxyl groups is 1. The number of carbonyl (C=O) groups excluding carboxylic acids is 1. The van der Waals surface area contributed by atoms with E-state index in [0.29, 0.717) is 19.4 Å². The summed E-state index contributed by atoms with van der Waals surface area (Å²) in [6.45, 7) is 1.48. The van der Waals surface area contributed by atoms with Gasteiger partial charge in [-0.3, -0.25) is 9.48 Å². The SMILES string of the molecule is CC(F)(F)CCC(=O)N[C@@H]1CC(Cn2cccn2)C[C@H]1O. The minimum absolute atomic E-state index is 0.220. The summed E-state index contributed by atoms with van der Waals surface area (Å²) in [6.07, 6.45) is 3.42. The molecule has 1 fully saturated rings. The Balaban J connectivity index is 1.77. The van der Waals surface area contributed by atoms with E-state index in [1.165, 1.54) is 0 Å². The quantitative estimate of drug-likeness (QED) is 0.838. The summed E-state index contributed by atoms with van der Waals surface area (Å²) < 4.78 is 27.2. The fraction of sp³-hybridized carbons (Fsp3) is 0.714. The van der Waals surface area contributed by atoms with Gasteiger partial charge in [-0.25, -0.2) is 8.78 Å². The van der Waals surface area contributed by atoms with Crippen LogP contribution in [0.25, 0.3) is 0 Å². The van der Waals surface area contributed by atoms with Crippen LogP contribution in [0.2, 0.25) is 0 Å². The third kappa shape index (κ3) is 5.08. The first-order valence-corrected chi connectivity index (χ1v) is 7.16. The smallest absolute Gasteiger partial charge is 0.245 e. The topological polar surface area (TPSA) is 67.2 Å². The Morgan fingerprint density at radius 1 is 1.52 bits per heavy atom. The van der Waals surface area contributed by atoms with E-state index in [9.17, 15) is 18.7 Å². The average Bonchev–Trinajstić information content (AvgIpc) is 2.98. The van der Waals surface area contributed by atoms with Gasteiger partial charge in [0.05, 0.1) is 12.1 Å². The molecular formula is C14H21F2N3O2. The van der Waals surface area contributed by atoms with E-state index in [4.69, 9.17) is 0 Å². The van der Waals surface area contributed by atoms with Crippen LogP contribution in [0.1, 0.15) is 32.6 Å². The maximum Gasteiger partial charge on any atom is 0.245 e. The van der Waals surface area contributed by atoms with Crippen LogP contribution in [0.15, 0.2) is 18.5 Å². The van der Waals surface area contributed by atoms with Gasteiger partial charge in [-0.05, 0) is 31.7 Å². The Morgan fingerprint density at radius 3 is 2.90 bits per heavy atom. The molecule has 3 atom stereocenters. The summed E-state index contributed by atoms with van der Waals surface area (Å²) in [5.41, 5.74) is 0. The van der Waals surface area contributed by atoms with Crippen molar-refractivity contribution in [1.29, 1.82) is 0 Å². The summed E-state index contributed by atoms with van der Waals surface area (Å²) in [7, 11) is 0. The molecule has 21 heavy (non-hydrogen) atoms. The number of amides is 1. The molecule has 5 nitrogen and oxygen atoms in total. The Hall–Kier alpha value is -1.50. The van der Waals surface area contributed by atoms with E-state index in [1.54, 1.807) is 10.9 Å². The highest BCUT2D eigenvalue weighted by Gasteiger charge is 2.34. The normalized spacial score (nSPS) is 26.0. The molecule has 1 aromatic rings. The number of aromatic nitrogens is 2. The molecule has 118 valence electrons. The zero-order valence-electron chi connectivity index (χ0n) is 12.0. The summed E-state index contributed by atoms with van der Waals surface area (Å²) >= 11 is 0. The summed E-state index contributed by atoms with van der Waals surface area (Å²) in [6, 6.07) is 1.47. The van der Waals surface area contributed by atoms with Gasteiger partial charge in [0.15, 0.2) is 0 Å². The maximum absolute atomic E-state index is 12.7. The number of hydrogen-bond donors (Lipinski definition) is 2. The van der Waals surface area contributed by atoms with E-state index in [2.05, 4.69) is 10.4 Å². The molecule has 1 aliphatic carbocycles. The predicted molar refractivity (Wildman–Crippen MR) is 72.7 cm³/mol. The van der Waals surface area contributed by atoms with Gasteiger partial charge in [-0.1, -0.05) is 0 Å². The van der Waals surface area contributed by atoms with Crippen molar-refractivity contribution in [3.8, 4) is 0 Å². The lowest BCUT2D eigenvalue weighted by Gasteiger charge is -2.17. The van der Waals surface area contributed by atoms with Crippen molar-refractivity contribution >= 4 is 5.91 Å². The Morgan fingerprint density at radius 2 is 2.29 bits per heavy atom. The molecule has 1 heterocycles. The minimum Gasteiger partial charge on any atom is -0.391 e. The van der Waals surface area contributed by atoms with Crippen LogP contribution in [0, 0.1) is 5.92 Å². The molecule has 1 aliphatic rings. The second-order valence-corrected chi connectivity index (χ2v) is 5.88.